The predicted molar refractivity (Wildman–Crippen MR) is 87.0 cm³/mol. The van der Waals surface area contributed by atoms with Gasteiger partial charge in [-0.05, 0) is 41.3 Å². The van der Waals surface area contributed by atoms with E-state index >= 15 is 0 Å². The van der Waals surface area contributed by atoms with Crippen LogP contribution in [0, 0.1) is 0 Å². The van der Waals surface area contributed by atoms with Gasteiger partial charge >= 0.3 is 0 Å². The van der Waals surface area contributed by atoms with Crippen LogP contribution in [0.15, 0.2) is 46.9 Å². The van der Waals surface area contributed by atoms with E-state index in [0.29, 0.717) is 5.92 Å². The first-order valence-corrected chi connectivity index (χ1v) is 7.51. The van der Waals surface area contributed by atoms with Gasteiger partial charge in [0.25, 0.3) is 0 Å². The maximum absolute atomic E-state index is 6.21. The number of hydrogen-bond donors (Lipinski definition) is 1. The normalized spacial score (nSPS) is 10.8. The van der Waals surface area contributed by atoms with Crippen LogP contribution in [0.2, 0.25) is 5.02 Å². The lowest BCUT2D eigenvalue weighted by Crippen LogP contribution is -2.00. The van der Waals surface area contributed by atoms with Crippen LogP contribution in [0.1, 0.15) is 30.9 Å². The van der Waals surface area contributed by atoms with E-state index in [1.807, 2.05) is 18.2 Å². The molecule has 1 nitrogen and oxygen atoms in total. The summed E-state index contributed by atoms with van der Waals surface area (Å²) in [7, 11) is 0. The summed E-state index contributed by atoms with van der Waals surface area (Å²) in [4.78, 5) is 0. The molecule has 0 aliphatic carbocycles. The largest absolute Gasteiger partial charge is 0.381 e. The molecule has 0 amide bonds. The molecule has 0 unspecified atom stereocenters. The SMILES string of the molecule is CC(C)c1cccc(NCc2ccc(Br)cc2Cl)c1. The van der Waals surface area contributed by atoms with Crippen molar-refractivity contribution in [2.45, 2.75) is 26.3 Å². The maximum atomic E-state index is 6.21. The van der Waals surface area contributed by atoms with Gasteiger partial charge in [0.15, 0.2) is 0 Å². The fraction of sp³-hybridized carbons (Fsp3) is 0.250. The van der Waals surface area contributed by atoms with Crippen LogP contribution < -0.4 is 5.32 Å². The van der Waals surface area contributed by atoms with E-state index in [1.54, 1.807) is 0 Å². The zero-order chi connectivity index (χ0) is 13.8. The van der Waals surface area contributed by atoms with Crippen molar-refractivity contribution in [2.75, 3.05) is 5.32 Å². The number of hydrogen-bond acceptors (Lipinski definition) is 1. The summed E-state index contributed by atoms with van der Waals surface area (Å²) in [5.74, 6) is 0.540. The summed E-state index contributed by atoms with van der Waals surface area (Å²) in [6.45, 7) is 5.13. The van der Waals surface area contributed by atoms with Gasteiger partial charge in [-0.2, -0.15) is 0 Å². The van der Waals surface area contributed by atoms with Crippen molar-refractivity contribution < 1.29 is 0 Å². The molecule has 0 aromatic heterocycles. The second-order valence-electron chi connectivity index (χ2n) is 4.87. The van der Waals surface area contributed by atoms with Gasteiger partial charge < -0.3 is 5.32 Å². The van der Waals surface area contributed by atoms with Gasteiger partial charge in [-0.3, -0.25) is 0 Å². The Morgan fingerprint density at radius 3 is 2.63 bits per heavy atom. The molecule has 2 aromatic carbocycles. The lowest BCUT2D eigenvalue weighted by atomic mass is 10.0. The molecule has 0 bridgehead atoms. The Hall–Kier alpha value is -0.990. The van der Waals surface area contributed by atoms with E-state index in [1.165, 1.54) is 5.56 Å². The van der Waals surface area contributed by atoms with Gasteiger partial charge in [-0.1, -0.05) is 59.6 Å². The first kappa shape index (κ1) is 14.4. The molecule has 1 N–H and O–H groups in total. The maximum Gasteiger partial charge on any atom is 0.0467 e. The molecule has 0 atom stereocenters. The molecule has 0 aliphatic rings. The highest BCUT2D eigenvalue weighted by molar-refractivity contribution is 9.10. The zero-order valence-electron chi connectivity index (χ0n) is 11.1. The van der Waals surface area contributed by atoms with Crippen molar-refractivity contribution in [3.05, 3.63) is 63.1 Å². The fourth-order valence-electron chi connectivity index (χ4n) is 1.87. The van der Waals surface area contributed by atoms with Gasteiger partial charge in [0, 0.05) is 21.7 Å². The summed E-state index contributed by atoms with van der Waals surface area (Å²) >= 11 is 9.62. The molecule has 2 rings (SSSR count). The minimum absolute atomic E-state index is 0.540. The van der Waals surface area contributed by atoms with E-state index in [0.717, 1.165) is 27.3 Å². The van der Waals surface area contributed by atoms with Crippen LogP contribution in [0.3, 0.4) is 0 Å². The molecule has 2 aromatic rings. The summed E-state index contributed by atoms with van der Waals surface area (Å²) in [6, 6.07) is 14.5. The lowest BCUT2D eigenvalue weighted by Gasteiger charge is -2.11. The molecule has 3 heteroatoms. The summed E-state index contributed by atoms with van der Waals surface area (Å²) < 4.78 is 1.00. The van der Waals surface area contributed by atoms with Gasteiger partial charge in [0.05, 0.1) is 0 Å². The first-order valence-electron chi connectivity index (χ1n) is 6.34. The Bertz CT molecular complexity index is 566. The van der Waals surface area contributed by atoms with Gasteiger partial charge in [-0.25, -0.2) is 0 Å². The van der Waals surface area contributed by atoms with Crippen LogP contribution in [0.25, 0.3) is 0 Å². The molecule has 0 spiro atoms. The van der Waals surface area contributed by atoms with Gasteiger partial charge in [0.2, 0.25) is 0 Å². The Morgan fingerprint density at radius 2 is 1.95 bits per heavy atom. The van der Waals surface area contributed by atoms with E-state index in [-0.39, 0.29) is 0 Å². The minimum atomic E-state index is 0.540. The number of benzene rings is 2. The molecule has 19 heavy (non-hydrogen) atoms. The highest BCUT2D eigenvalue weighted by Crippen LogP contribution is 2.23. The van der Waals surface area contributed by atoms with Crippen LogP contribution in [-0.2, 0) is 6.54 Å². The molecular weight excluding hydrogens is 322 g/mol. The molecule has 0 saturated heterocycles. The molecule has 0 fully saturated rings. The second kappa shape index (κ2) is 6.44. The van der Waals surface area contributed by atoms with Crippen molar-refractivity contribution in [2.24, 2.45) is 0 Å². The molecule has 0 heterocycles. The zero-order valence-corrected chi connectivity index (χ0v) is 13.4. The van der Waals surface area contributed by atoms with Crippen molar-refractivity contribution in [1.29, 1.82) is 0 Å². The van der Waals surface area contributed by atoms with E-state index < -0.39 is 0 Å². The number of nitrogens with one attached hydrogen (secondary N) is 1. The Labute approximate surface area is 128 Å². The number of rotatable bonds is 4. The Kier molecular flexibility index (Phi) is 4.89. The lowest BCUT2D eigenvalue weighted by molar-refractivity contribution is 0.866. The smallest absolute Gasteiger partial charge is 0.0467 e. The second-order valence-corrected chi connectivity index (χ2v) is 6.19. The van der Waals surface area contributed by atoms with Gasteiger partial charge in [0.1, 0.15) is 0 Å². The van der Waals surface area contributed by atoms with Gasteiger partial charge in [-0.15, -0.1) is 0 Å². The predicted octanol–water partition coefficient (Wildman–Crippen LogP) is 5.84. The average Bonchev–Trinajstić information content (AvgIpc) is 2.38. The Morgan fingerprint density at radius 1 is 1.16 bits per heavy atom. The average molecular weight is 339 g/mol. The first-order chi connectivity index (χ1) is 9.06. The van der Waals surface area contributed by atoms with Crippen molar-refractivity contribution >= 4 is 33.2 Å². The molecule has 0 saturated carbocycles. The fourth-order valence-corrected chi connectivity index (χ4v) is 2.61. The summed E-state index contributed by atoms with van der Waals surface area (Å²) in [6.07, 6.45) is 0. The van der Waals surface area contributed by atoms with E-state index in [2.05, 4.69) is 59.4 Å². The van der Waals surface area contributed by atoms with Crippen molar-refractivity contribution in [3.8, 4) is 0 Å². The molecule has 0 aliphatic heterocycles. The quantitative estimate of drug-likeness (QED) is 0.738. The highest BCUT2D eigenvalue weighted by atomic mass is 79.9. The van der Waals surface area contributed by atoms with Crippen LogP contribution in [0.5, 0.6) is 0 Å². The minimum Gasteiger partial charge on any atom is -0.381 e. The van der Waals surface area contributed by atoms with Crippen LogP contribution in [-0.4, -0.2) is 0 Å². The topological polar surface area (TPSA) is 12.0 Å². The third-order valence-corrected chi connectivity index (χ3v) is 3.90. The van der Waals surface area contributed by atoms with Crippen LogP contribution in [0.4, 0.5) is 5.69 Å². The van der Waals surface area contributed by atoms with Crippen molar-refractivity contribution in [3.63, 3.8) is 0 Å². The van der Waals surface area contributed by atoms with E-state index in [4.69, 9.17) is 11.6 Å². The number of anilines is 1. The monoisotopic (exact) mass is 337 g/mol. The van der Waals surface area contributed by atoms with Crippen molar-refractivity contribution in [1.82, 2.24) is 0 Å². The third-order valence-electron chi connectivity index (χ3n) is 3.05. The summed E-state index contributed by atoms with van der Waals surface area (Å²) in [5.41, 5.74) is 3.57. The Balaban J connectivity index is 2.08. The standard InChI is InChI=1S/C16H17BrClN/c1-11(2)12-4-3-5-15(8-12)19-10-13-6-7-14(17)9-16(13)18/h3-9,11,19H,10H2,1-2H3. The summed E-state index contributed by atoms with van der Waals surface area (Å²) in [5, 5.41) is 4.20. The molecule has 100 valence electrons. The highest BCUT2D eigenvalue weighted by Gasteiger charge is 2.03. The molecular formula is C16H17BrClN. The van der Waals surface area contributed by atoms with Crippen LogP contribution >= 0.6 is 27.5 Å². The molecule has 0 radical (unpaired) electrons. The third kappa shape index (κ3) is 3.99. The van der Waals surface area contributed by atoms with E-state index in [9.17, 15) is 0 Å². The number of halogens is 2.